The van der Waals surface area contributed by atoms with Crippen molar-refractivity contribution < 1.29 is 4.74 Å². The van der Waals surface area contributed by atoms with Gasteiger partial charge in [-0.1, -0.05) is 34.6 Å². The molecule has 1 atom stereocenters. The third kappa shape index (κ3) is 6.73. The number of methoxy groups -OCH3 is 1. The topological polar surface area (TPSA) is 24.5 Å². The van der Waals surface area contributed by atoms with Gasteiger partial charge in [-0.3, -0.25) is 4.90 Å². The minimum Gasteiger partial charge on any atom is -0.383 e. The summed E-state index contributed by atoms with van der Waals surface area (Å²) < 4.78 is 5.31. The molecule has 0 fully saturated rings. The Hall–Kier alpha value is -0.120. The quantitative estimate of drug-likeness (QED) is 0.625. The first-order valence-electron chi connectivity index (χ1n) is 7.91. The normalized spacial score (nSPS) is 14.4. The molecule has 0 saturated carbocycles. The number of hydrogen-bond acceptors (Lipinski definition) is 3. The van der Waals surface area contributed by atoms with Crippen LogP contribution in [0.1, 0.15) is 54.4 Å². The van der Waals surface area contributed by atoms with Crippen molar-refractivity contribution in [1.82, 2.24) is 10.2 Å². The number of nitrogens with zero attached hydrogens (tertiary/aromatic N) is 1. The van der Waals surface area contributed by atoms with Gasteiger partial charge in [0.25, 0.3) is 0 Å². The fourth-order valence-electron chi connectivity index (χ4n) is 2.56. The van der Waals surface area contributed by atoms with Gasteiger partial charge in [-0.05, 0) is 31.7 Å². The van der Waals surface area contributed by atoms with Gasteiger partial charge in [-0.2, -0.15) is 0 Å². The van der Waals surface area contributed by atoms with Gasteiger partial charge in [0.1, 0.15) is 0 Å². The first kappa shape index (κ1) is 18.9. The van der Waals surface area contributed by atoms with Crippen LogP contribution in [0, 0.1) is 5.41 Å². The van der Waals surface area contributed by atoms with Crippen molar-refractivity contribution >= 4 is 0 Å². The van der Waals surface area contributed by atoms with E-state index in [1.807, 2.05) is 0 Å². The van der Waals surface area contributed by atoms with Crippen molar-refractivity contribution in [2.45, 2.75) is 66.5 Å². The molecule has 0 radical (unpaired) electrons. The van der Waals surface area contributed by atoms with Crippen LogP contribution in [0.25, 0.3) is 0 Å². The Labute approximate surface area is 121 Å². The smallest absolute Gasteiger partial charge is 0.0615 e. The van der Waals surface area contributed by atoms with Gasteiger partial charge in [-0.25, -0.2) is 0 Å². The predicted molar refractivity (Wildman–Crippen MR) is 84.7 cm³/mol. The first-order valence-corrected chi connectivity index (χ1v) is 7.91. The van der Waals surface area contributed by atoms with E-state index in [-0.39, 0.29) is 0 Å². The van der Waals surface area contributed by atoms with Crippen LogP contribution < -0.4 is 5.32 Å². The monoisotopic (exact) mass is 272 g/mol. The lowest BCUT2D eigenvalue weighted by atomic mass is 9.81. The maximum absolute atomic E-state index is 5.31. The highest BCUT2D eigenvalue weighted by molar-refractivity contribution is 4.85. The number of nitrogens with one attached hydrogen (secondary N) is 1. The molecule has 0 heterocycles. The summed E-state index contributed by atoms with van der Waals surface area (Å²) in [5.41, 5.74) is 0.377. The van der Waals surface area contributed by atoms with Crippen LogP contribution in [-0.4, -0.2) is 50.3 Å². The summed E-state index contributed by atoms with van der Waals surface area (Å²) in [6.45, 7) is 17.8. The van der Waals surface area contributed by atoms with Gasteiger partial charge in [0.05, 0.1) is 6.61 Å². The molecular formula is C16H36N2O. The Morgan fingerprint density at radius 1 is 1.11 bits per heavy atom. The van der Waals surface area contributed by atoms with E-state index in [9.17, 15) is 0 Å². The van der Waals surface area contributed by atoms with Crippen LogP contribution in [0.5, 0.6) is 0 Å². The molecule has 0 aliphatic carbocycles. The first-order chi connectivity index (χ1) is 8.94. The SMILES string of the molecule is CCN(CC(CC)(CC)CNC(C)C)C(C)COC. The minimum absolute atomic E-state index is 0.377. The highest BCUT2D eigenvalue weighted by Gasteiger charge is 2.30. The van der Waals surface area contributed by atoms with E-state index < -0.39 is 0 Å². The molecule has 0 spiro atoms. The zero-order chi connectivity index (χ0) is 14.9. The highest BCUT2D eigenvalue weighted by Crippen LogP contribution is 2.28. The summed E-state index contributed by atoms with van der Waals surface area (Å²) in [4.78, 5) is 2.55. The summed E-state index contributed by atoms with van der Waals surface area (Å²) in [7, 11) is 1.79. The Balaban J connectivity index is 4.67. The van der Waals surface area contributed by atoms with Crippen molar-refractivity contribution in [1.29, 1.82) is 0 Å². The molecule has 0 aliphatic rings. The highest BCUT2D eigenvalue weighted by atomic mass is 16.5. The minimum atomic E-state index is 0.377. The largest absolute Gasteiger partial charge is 0.383 e. The lowest BCUT2D eigenvalue weighted by Crippen LogP contribution is -2.48. The number of likely N-dealkylation sites (N-methyl/N-ethyl adjacent to an activating group) is 1. The van der Waals surface area contributed by atoms with Gasteiger partial charge in [0.15, 0.2) is 0 Å². The van der Waals surface area contributed by atoms with Crippen molar-refractivity contribution in [3.05, 3.63) is 0 Å². The Bertz CT molecular complexity index is 215. The second-order valence-corrected chi connectivity index (χ2v) is 6.11. The standard InChI is InChI=1S/C16H36N2O/c1-8-16(9-2,12-17-14(4)5)13-18(10-3)15(6)11-19-7/h14-15,17H,8-13H2,1-7H3. The third-order valence-electron chi connectivity index (χ3n) is 4.36. The number of hydrogen-bond donors (Lipinski definition) is 1. The zero-order valence-electron chi connectivity index (χ0n) is 14.3. The van der Waals surface area contributed by atoms with Crippen molar-refractivity contribution in [2.75, 3.05) is 33.4 Å². The fourth-order valence-corrected chi connectivity index (χ4v) is 2.56. The molecule has 0 aromatic heterocycles. The lowest BCUT2D eigenvalue weighted by Gasteiger charge is -2.40. The van der Waals surface area contributed by atoms with E-state index in [0.717, 1.165) is 26.2 Å². The van der Waals surface area contributed by atoms with Crippen LogP contribution in [0.3, 0.4) is 0 Å². The van der Waals surface area contributed by atoms with Crippen LogP contribution in [-0.2, 0) is 4.74 Å². The molecule has 3 nitrogen and oxygen atoms in total. The third-order valence-corrected chi connectivity index (χ3v) is 4.36. The van der Waals surface area contributed by atoms with Crippen molar-refractivity contribution in [2.24, 2.45) is 5.41 Å². The van der Waals surface area contributed by atoms with Gasteiger partial charge >= 0.3 is 0 Å². The van der Waals surface area contributed by atoms with E-state index in [0.29, 0.717) is 17.5 Å². The molecule has 0 amide bonds. The molecule has 0 bridgehead atoms. The number of rotatable bonds is 11. The molecule has 116 valence electrons. The number of ether oxygens (including phenoxy) is 1. The van der Waals surface area contributed by atoms with Crippen LogP contribution in [0.15, 0.2) is 0 Å². The van der Waals surface area contributed by atoms with Crippen LogP contribution >= 0.6 is 0 Å². The summed E-state index contributed by atoms with van der Waals surface area (Å²) in [5.74, 6) is 0. The Morgan fingerprint density at radius 2 is 1.68 bits per heavy atom. The van der Waals surface area contributed by atoms with E-state index in [1.54, 1.807) is 7.11 Å². The summed E-state index contributed by atoms with van der Waals surface area (Å²) >= 11 is 0. The second kappa shape index (κ2) is 9.73. The molecule has 1 unspecified atom stereocenters. The van der Waals surface area contributed by atoms with Crippen molar-refractivity contribution in [3.63, 3.8) is 0 Å². The molecule has 0 saturated heterocycles. The lowest BCUT2D eigenvalue weighted by molar-refractivity contribution is 0.0605. The zero-order valence-corrected chi connectivity index (χ0v) is 14.3. The van der Waals surface area contributed by atoms with Gasteiger partial charge in [0, 0.05) is 32.3 Å². The molecular weight excluding hydrogens is 236 g/mol. The van der Waals surface area contributed by atoms with E-state index in [2.05, 4.69) is 51.8 Å². The average molecular weight is 272 g/mol. The van der Waals surface area contributed by atoms with E-state index in [1.165, 1.54) is 12.8 Å². The molecule has 0 aromatic rings. The molecule has 19 heavy (non-hydrogen) atoms. The maximum atomic E-state index is 5.31. The average Bonchev–Trinajstić information content (AvgIpc) is 2.40. The fraction of sp³-hybridized carbons (Fsp3) is 1.00. The molecule has 3 heteroatoms. The molecule has 0 aromatic carbocycles. The van der Waals surface area contributed by atoms with E-state index >= 15 is 0 Å². The molecule has 1 N–H and O–H groups in total. The summed E-state index contributed by atoms with van der Waals surface area (Å²) in [5, 5.41) is 3.63. The van der Waals surface area contributed by atoms with Crippen molar-refractivity contribution in [3.8, 4) is 0 Å². The molecule has 0 aliphatic heterocycles. The van der Waals surface area contributed by atoms with Gasteiger partial charge in [-0.15, -0.1) is 0 Å². The van der Waals surface area contributed by atoms with Crippen LogP contribution in [0.2, 0.25) is 0 Å². The summed E-state index contributed by atoms with van der Waals surface area (Å²) in [6.07, 6.45) is 2.44. The van der Waals surface area contributed by atoms with Gasteiger partial charge in [0.2, 0.25) is 0 Å². The predicted octanol–water partition coefficient (Wildman–Crippen LogP) is 3.15. The van der Waals surface area contributed by atoms with Crippen LogP contribution in [0.4, 0.5) is 0 Å². The summed E-state index contributed by atoms with van der Waals surface area (Å²) in [6, 6.07) is 1.05. The Kier molecular flexibility index (Phi) is 9.67. The second-order valence-electron chi connectivity index (χ2n) is 6.11. The van der Waals surface area contributed by atoms with Gasteiger partial charge < -0.3 is 10.1 Å². The molecule has 0 rings (SSSR count). The Morgan fingerprint density at radius 3 is 2.05 bits per heavy atom. The van der Waals surface area contributed by atoms with E-state index in [4.69, 9.17) is 4.74 Å². The maximum Gasteiger partial charge on any atom is 0.0615 e.